The van der Waals surface area contributed by atoms with Gasteiger partial charge in [-0.15, -0.1) is 0 Å². The van der Waals surface area contributed by atoms with Gasteiger partial charge in [-0.1, -0.05) is 37.3 Å². The smallest absolute Gasteiger partial charge is 0.0900 e. The first kappa shape index (κ1) is 10.3. The molecule has 0 fully saturated rings. The third-order valence-electron chi connectivity index (χ3n) is 2.52. The van der Waals surface area contributed by atoms with E-state index in [9.17, 15) is 0 Å². The number of ether oxygens (including phenoxy) is 1. The molecule has 0 heterocycles. The van der Waals surface area contributed by atoms with Gasteiger partial charge in [0.05, 0.1) is 5.60 Å². The highest BCUT2D eigenvalue weighted by atomic mass is 16.5. The Morgan fingerprint density at radius 1 is 1.15 bits per heavy atom. The van der Waals surface area contributed by atoms with Crippen molar-refractivity contribution < 1.29 is 4.74 Å². The second kappa shape index (κ2) is 4.43. The molecule has 1 unspecified atom stereocenters. The summed E-state index contributed by atoms with van der Waals surface area (Å²) < 4.78 is 5.76. The van der Waals surface area contributed by atoms with E-state index in [2.05, 4.69) is 38.1 Å². The topological polar surface area (TPSA) is 9.23 Å². The monoisotopic (exact) mass is 178 g/mol. The minimum absolute atomic E-state index is 0.115. The van der Waals surface area contributed by atoms with Gasteiger partial charge in [-0.3, -0.25) is 0 Å². The van der Waals surface area contributed by atoms with Crippen LogP contribution in [0.25, 0.3) is 0 Å². The van der Waals surface area contributed by atoms with Gasteiger partial charge in [0.1, 0.15) is 0 Å². The molecule has 0 N–H and O–H groups in total. The maximum absolute atomic E-state index is 5.76. The fourth-order valence-electron chi connectivity index (χ4n) is 1.50. The van der Waals surface area contributed by atoms with Crippen LogP contribution >= 0.6 is 0 Å². The first-order chi connectivity index (χ1) is 6.23. The van der Waals surface area contributed by atoms with Crippen LogP contribution in [0, 0.1) is 0 Å². The second-order valence-corrected chi connectivity index (χ2v) is 3.38. The van der Waals surface area contributed by atoms with Crippen LogP contribution in [0.5, 0.6) is 0 Å². The first-order valence-electron chi connectivity index (χ1n) is 4.92. The van der Waals surface area contributed by atoms with Crippen molar-refractivity contribution in [3.63, 3.8) is 0 Å². The zero-order valence-corrected chi connectivity index (χ0v) is 8.71. The maximum Gasteiger partial charge on any atom is 0.0900 e. The fraction of sp³-hybridized carbons (Fsp3) is 0.500. The molecule has 0 bridgehead atoms. The predicted octanol–water partition coefficient (Wildman–Crippen LogP) is 3.35. The predicted molar refractivity (Wildman–Crippen MR) is 55.7 cm³/mol. The molecule has 0 aromatic heterocycles. The van der Waals surface area contributed by atoms with Gasteiger partial charge in [-0.25, -0.2) is 0 Å². The molecule has 1 rings (SSSR count). The lowest BCUT2D eigenvalue weighted by Gasteiger charge is -2.28. The molecule has 1 nitrogen and oxygen atoms in total. The van der Waals surface area contributed by atoms with Crippen molar-refractivity contribution in [2.45, 2.75) is 32.8 Å². The number of hydrogen-bond acceptors (Lipinski definition) is 1. The van der Waals surface area contributed by atoms with E-state index in [1.807, 2.05) is 13.0 Å². The van der Waals surface area contributed by atoms with Crippen molar-refractivity contribution in [1.82, 2.24) is 0 Å². The van der Waals surface area contributed by atoms with Gasteiger partial charge in [0, 0.05) is 6.61 Å². The lowest BCUT2D eigenvalue weighted by Crippen LogP contribution is -2.24. The minimum Gasteiger partial charge on any atom is -0.371 e. The van der Waals surface area contributed by atoms with Crippen molar-refractivity contribution in [3.8, 4) is 0 Å². The van der Waals surface area contributed by atoms with Crippen LogP contribution in [-0.2, 0) is 10.3 Å². The Morgan fingerprint density at radius 3 is 2.23 bits per heavy atom. The van der Waals surface area contributed by atoms with Crippen molar-refractivity contribution >= 4 is 0 Å². The molecule has 1 heteroatoms. The molecule has 1 aromatic carbocycles. The van der Waals surface area contributed by atoms with E-state index in [1.165, 1.54) is 5.56 Å². The van der Waals surface area contributed by atoms with Gasteiger partial charge in [-0.2, -0.15) is 0 Å². The van der Waals surface area contributed by atoms with Crippen molar-refractivity contribution in [2.75, 3.05) is 6.61 Å². The minimum atomic E-state index is -0.115. The highest BCUT2D eigenvalue weighted by molar-refractivity contribution is 5.21. The Bertz CT molecular complexity index is 243. The van der Waals surface area contributed by atoms with Gasteiger partial charge in [0.25, 0.3) is 0 Å². The molecular weight excluding hydrogens is 160 g/mol. The summed E-state index contributed by atoms with van der Waals surface area (Å²) >= 11 is 0. The van der Waals surface area contributed by atoms with E-state index >= 15 is 0 Å². The normalized spacial score (nSPS) is 15.3. The zero-order chi connectivity index (χ0) is 9.73. The summed E-state index contributed by atoms with van der Waals surface area (Å²) in [6.45, 7) is 7.10. The maximum atomic E-state index is 5.76. The van der Waals surface area contributed by atoms with E-state index < -0.39 is 0 Å². The van der Waals surface area contributed by atoms with Gasteiger partial charge in [0.2, 0.25) is 0 Å². The molecule has 72 valence electrons. The summed E-state index contributed by atoms with van der Waals surface area (Å²) in [6.07, 6.45) is 1.00. The molecule has 13 heavy (non-hydrogen) atoms. The van der Waals surface area contributed by atoms with E-state index in [0.717, 1.165) is 13.0 Å². The SMILES string of the molecule is CCOC(C)(CC)c1ccccc1. The van der Waals surface area contributed by atoms with Crippen LogP contribution in [-0.4, -0.2) is 6.61 Å². The Kier molecular flexibility index (Phi) is 3.49. The van der Waals surface area contributed by atoms with Crippen molar-refractivity contribution in [2.24, 2.45) is 0 Å². The van der Waals surface area contributed by atoms with Crippen molar-refractivity contribution in [1.29, 1.82) is 0 Å². The van der Waals surface area contributed by atoms with Gasteiger partial charge in [0.15, 0.2) is 0 Å². The van der Waals surface area contributed by atoms with E-state index in [4.69, 9.17) is 4.74 Å². The summed E-state index contributed by atoms with van der Waals surface area (Å²) in [7, 11) is 0. The number of rotatable bonds is 4. The van der Waals surface area contributed by atoms with Crippen LogP contribution < -0.4 is 0 Å². The van der Waals surface area contributed by atoms with E-state index in [0.29, 0.717) is 0 Å². The molecule has 0 saturated carbocycles. The van der Waals surface area contributed by atoms with E-state index in [-0.39, 0.29) is 5.60 Å². The van der Waals surface area contributed by atoms with Gasteiger partial charge < -0.3 is 4.74 Å². The highest BCUT2D eigenvalue weighted by Crippen LogP contribution is 2.28. The van der Waals surface area contributed by atoms with E-state index in [1.54, 1.807) is 0 Å². The molecule has 0 aliphatic heterocycles. The largest absolute Gasteiger partial charge is 0.371 e. The molecule has 0 aliphatic rings. The molecule has 0 radical (unpaired) electrons. The number of benzene rings is 1. The zero-order valence-electron chi connectivity index (χ0n) is 8.71. The molecule has 1 atom stereocenters. The second-order valence-electron chi connectivity index (χ2n) is 3.38. The van der Waals surface area contributed by atoms with Crippen LogP contribution in [0.4, 0.5) is 0 Å². The molecule has 0 amide bonds. The van der Waals surface area contributed by atoms with Gasteiger partial charge in [-0.05, 0) is 25.8 Å². The molecule has 0 saturated heterocycles. The Balaban J connectivity index is 2.89. The third-order valence-corrected chi connectivity index (χ3v) is 2.52. The Hall–Kier alpha value is -0.820. The summed E-state index contributed by atoms with van der Waals surface area (Å²) in [5, 5.41) is 0. The average Bonchev–Trinajstić information content (AvgIpc) is 2.19. The van der Waals surface area contributed by atoms with Crippen LogP contribution in [0.15, 0.2) is 30.3 Å². The first-order valence-corrected chi connectivity index (χ1v) is 4.92. The van der Waals surface area contributed by atoms with Crippen LogP contribution in [0.2, 0.25) is 0 Å². The fourth-order valence-corrected chi connectivity index (χ4v) is 1.50. The summed E-state index contributed by atoms with van der Waals surface area (Å²) in [5.74, 6) is 0. The molecule has 0 spiro atoms. The Labute approximate surface area is 80.7 Å². The lowest BCUT2D eigenvalue weighted by atomic mass is 9.93. The summed E-state index contributed by atoms with van der Waals surface area (Å²) in [5.41, 5.74) is 1.15. The van der Waals surface area contributed by atoms with Crippen LogP contribution in [0.3, 0.4) is 0 Å². The molecular formula is C12H18O. The lowest BCUT2D eigenvalue weighted by molar-refractivity contribution is -0.0323. The van der Waals surface area contributed by atoms with Crippen molar-refractivity contribution in [3.05, 3.63) is 35.9 Å². The van der Waals surface area contributed by atoms with Crippen LogP contribution in [0.1, 0.15) is 32.8 Å². The standard InChI is InChI=1S/C12H18O/c1-4-12(3,13-5-2)11-9-7-6-8-10-11/h6-10H,4-5H2,1-3H3. The van der Waals surface area contributed by atoms with Gasteiger partial charge >= 0.3 is 0 Å². The third kappa shape index (κ3) is 2.31. The quantitative estimate of drug-likeness (QED) is 0.687. The summed E-state index contributed by atoms with van der Waals surface area (Å²) in [4.78, 5) is 0. The highest BCUT2D eigenvalue weighted by Gasteiger charge is 2.23. The number of hydrogen-bond donors (Lipinski definition) is 0. The summed E-state index contributed by atoms with van der Waals surface area (Å²) in [6, 6.07) is 10.4. The molecule has 0 aliphatic carbocycles. The Morgan fingerprint density at radius 2 is 1.77 bits per heavy atom. The average molecular weight is 178 g/mol. The molecule has 1 aromatic rings.